The van der Waals surface area contributed by atoms with E-state index in [4.69, 9.17) is 14.2 Å². The van der Waals surface area contributed by atoms with Gasteiger partial charge >= 0.3 is 0 Å². The lowest BCUT2D eigenvalue weighted by atomic mass is 9.78. The molecule has 0 radical (unpaired) electrons. The lowest BCUT2D eigenvalue weighted by Crippen LogP contribution is -2.67. The largest absolute Gasteiger partial charge is 0.385 e. The molecule has 0 saturated carbocycles. The van der Waals surface area contributed by atoms with Crippen molar-refractivity contribution in [2.24, 2.45) is 11.8 Å². The molecule has 1 atom stereocenters. The van der Waals surface area contributed by atoms with Crippen molar-refractivity contribution in [1.82, 2.24) is 4.90 Å². The van der Waals surface area contributed by atoms with Crippen LogP contribution in [0.1, 0.15) is 25.7 Å². The van der Waals surface area contributed by atoms with Gasteiger partial charge in [-0.05, 0) is 31.6 Å². The fraction of sp³-hybridized carbons (Fsp3) is 0.933. The van der Waals surface area contributed by atoms with Gasteiger partial charge in [-0.25, -0.2) is 0 Å². The number of likely N-dealkylation sites (tertiary alicyclic amines) is 1. The van der Waals surface area contributed by atoms with E-state index in [2.05, 4.69) is 0 Å². The molecule has 0 N–H and O–H groups in total. The number of amides is 1. The van der Waals surface area contributed by atoms with Crippen molar-refractivity contribution >= 4 is 5.91 Å². The molecule has 5 nitrogen and oxygen atoms in total. The fourth-order valence-corrected chi connectivity index (χ4v) is 3.76. The SMILES string of the molecule is COCC[C@@H]1CCOC12CN(C(=O)C1CCOCC1)C2. The molecule has 3 aliphatic rings. The van der Waals surface area contributed by atoms with Gasteiger partial charge in [0.15, 0.2) is 0 Å². The van der Waals surface area contributed by atoms with E-state index in [1.807, 2.05) is 4.90 Å². The Morgan fingerprint density at radius 1 is 1.25 bits per heavy atom. The monoisotopic (exact) mass is 283 g/mol. The van der Waals surface area contributed by atoms with E-state index in [0.29, 0.717) is 11.8 Å². The van der Waals surface area contributed by atoms with Crippen LogP contribution in [-0.2, 0) is 19.0 Å². The molecule has 0 unspecified atom stereocenters. The molecule has 1 spiro atoms. The minimum Gasteiger partial charge on any atom is -0.385 e. The summed E-state index contributed by atoms with van der Waals surface area (Å²) in [4.78, 5) is 14.4. The molecule has 5 heteroatoms. The smallest absolute Gasteiger partial charge is 0.226 e. The number of carbonyl (C=O) groups is 1. The molecule has 0 bridgehead atoms. The molecule has 3 aliphatic heterocycles. The van der Waals surface area contributed by atoms with E-state index in [1.165, 1.54) is 0 Å². The van der Waals surface area contributed by atoms with Gasteiger partial charge in [0, 0.05) is 39.5 Å². The minimum atomic E-state index is -0.0701. The molecular formula is C15H25NO4. The predicted octanol–water partition coefficient (Wildman–Crippen LogP) is 1.07. The van der Waals surface area contributed by atoms with Crippen LogP contribution in [0.25, 0.3) is 0 Å². The van der Waals surface area contributed by atoms with Crippen molar-refractivity contribution in [3.05, 3.63) is 0 Å². The number of carbonyl (C=O) groups excluding carboxylic acids is 1. The molecule has 0 aromatic rings. The Kier molecular flexibility index (Phi) is 4.29. The Morgan fingerprint density at radius 3 is 2.70 bits per heavy atom. The first-order valence-corrected chi connectivity index (χ1v) is 7.74. The summed E-state index contributed by atoms with van der Waals surface area (Å²) in [6, 6.07) is 0. The lowest BCUT2D eigenvalue weighted by Gasteiger charge is -2.51. The van der Waals surface area contributed by atoms with Crippen LogP contribution in [0.5, 0.6) is 0 Å². The zero-order valence-electron chi connectivity index (χ0n) is 12.3. The first-order valence-electron chi connectivity index (χ1n) is 7.74. The highest BCUT2D eigenvalue weighted by atomic mass is 16.5. The quantitative estimate of drug-likeness (QED) is 0.774. The Hall–Kier alpha value is -0.650. The third-order valence-electron chi connectivity index (χ3n) is 5.07. The van der Waals surface area contributed by atoms with Gasteiger partial charge in [0.05, 0.1) is 13.1 Å². The van der Waals surface area contributed by atoms with Gasteiger partial charge in [0.25, 0.3) is 0 Å². The van der Waals surface area contributed by atoms with E-state index in [-0.39, 0.29) is 11.5 Å². The fourth-order valence-electron chi connectivity index (χ4n) is 3.76. The van der Waals surface area contributed by atoms with Gasteiger partial charge in [-0.2, -0.15) is 0 Å². The number of methoxy groups -OCH3 is 1. The van der Waals surface area contributed by atoms with E-state index in [1.54, 1.807) is 7.11 Å². The molecule has 0 aliphatic carbocycles. The Morgan fingerprint density at radius 2 is 2.00 bits per heavy atom. The van der Waals surface area contributed by atoms with E-state index in [0.717, 1.165) is 65.2 Å². The summed E-state index contributed by atoms with van der Waals surface area (Å²) in [5, 5.41) is 0. The number of nitrogens with zero attached hydrogens (tertiary/aromatic N) is 1. The first-order chi connectivity index (χ1) is 9.75. The predicted molar refractivity (Wildman–Crippen MR) is 73.4 cm³/mol. The molecule has 3 heterocycles. The maximum absolute atomic E-state index is 12.4. The maximum Gasteiger partial charge on any atom is 0.226 e. The van der Waals surface area contributed by atoms with Crippen molar-refractivity contribution in [3.63, 3.8) is 0 Å². The summed E-state index contributed by atoms with van der Waals surface area (Å²) >= 11 is 0. The minimum absolute atomic E-state index is 0.0701. The van der Waals surface area contributed by atoms with Crippen LogP contribution in [0.3, 0.4) is 0 Å². The van der Waals surface area contributed by atoms with Crippen molar-refractivity contribution < 1.29 is 19.0 Å². The van der Waals surface area contributed by atoms with Crippen molar-refractivity contribution in [2.75, 3.05) is 46.6 Å². The van der Waals surface area contributed by atoms with E-state index >= 15 is 0 Å². The molecule has 20 heavy (non-hydrogen) atoms. The topological polar surface area (TPSA) is 48.0 Å². The number of hydrogen-bond acceptors (Lipinski definition) is 4. The molecule has 3 saturated heterocycles. The average Bonchev–Trinajstić information content (AvgIpc) is 2.87. The van der Waals surface area contributed by atoms with Gasteiger partial charge in [-0.1, -0.05) is 0 Å². The molecule has 3 rings (SSSR count). The highest BCUT2D eigenvalue weighted by molar-refractivity contribution is 5.80. The zero-order valence-corrected chi connectivity index (χ0v) is 12.3. The second-order valence-corrected chi connectivity index (χ2v) is 6.26. The van der Waals surface area contributed by atoms with Crippen LogP contribution >= 0.6 is 0 Å². The van der Waals surface area contributed by atoms with E-state index in [9.17, 15) is 4.79 Å². The molecular weight excluding hydrogens is 258 g/mol. The molecule has 3 fully saturated rings. The summed E-state index contributed by atoms with van der Waals surface area (Å²) < 4.78 is 16.5. The maximum atomic E-state index is 12.4. The number of ether oxygens (including phenoxy) is 3. The number of hydrogen-bond donors (Lipinski definition) is 0. The highest BCUT2D eigenvalue weighted by Crippen LogP contribution is 2.42. The van der Waals surface area contributed by atoms with E-state index < -0.39 is 0 Å². The Labute approximate surface area is 120 Å². The van der Waals surface area contributed by atoms with Crippen molar-refractivity contribution in [3.8, 4) is 0 Å². The van der Waals surface area contributed by atoms with Crippen LogP contribution in [0, 0.1) is 11.8 Å². The van der Waals surface area contributed by atoms with Crippen LogP contribution in [-0.4, -0.2) is 63.0 Å². The Balaban J connectivity index is 1.52. The zero-order chi connectivity index (χ0) is 14.0. The number of rotatable bonds is 4. The first kappa shape index (κ1) is 14.3. The van der Waals surface area contributed by atoms with Crippen LogP contribution < -0.4 is 0 Å². The molecule has 114 valence electrons. The van der Waals surface area contributed by atoms with Crippen LogP contribution in [0.15, 0.2) is 0 Å². The third-order valence-corrected chi connectivity index (χ3v) is 5.07. The third kappa shape index (κ3) is 2.59. The van der Waals surface area contributed by atoms with Crippen molar-refractivity contribution in [1.29, 1.82) is 0 Å². The molecule has 0 aromatic heterocycles. The standard InChI is InChI=1S/C15H25NO4/c1-18-6-4-13-5-9-20-15(13)10-16(11-15)14(17)12-2-7-19-8-3-12/h12-13H,2-11H2,1H3/t13-/m1/s1. The molecule has 0 aromatic carbocycles. The highest BCUT2D eigenvalue weighted by Gasteiger charge is 2.54. The normalized spacial score (nSPS) is 29.6. The Bertz CT molecular complexity index is 348. The van der Waals surface area contributed by atoms with Gasteiger partial charge in [-0.15, -0.1) is 0 Å². The van der Waals surface area contributed by atoms with Gasteiger partial charge in [0.1, 0.15) is 5.60 Å². The average molecular weight is 283 g/mol. The summed E-state index contributed by atoms with van der Waals surface area (Å²) in [7, 11) is 1.74. The van der Waals surface area contributed by atoms with Crippen LogP contribution in [0.4, 0.5) is 0 Å². The summed E-state index contributed by atoms with van der Waals surface area (Å²) in [5.41, 5.74) is -0.0701. The summed E-state index contributed by atoms with van der Waals surface area (Å²) in [6.07, 6.45) is 3.88. The van der Waals surface area contributed by atoms with Crippen molar-refractivity contribution in [2.45, 2.75) is 31.3 Å². The van der Waals surface area contributed by atoms with Gasteiger partial charge in [-0.3, -0.25) is 4.79 Å². The van der Waals surface area contributed by atoms with Gasteiger partial charge < -0.3 is 19.1 Å². The van der Waals surface area contributed by atoms with Gasteiger partial charge in [0.2, 0.25) is 5.91 Å². The molecule has 1 amide bonds. The lowest BCUT2D eigenvalue weighted by molar-refractivity contribution is -0.172. The second kappa shape index (κ2) is 6.00. The van der Waals surface area contributed by atoms with Crippen LogP contribution in [0.2, 0.25) is 0 Å². The summed E-state index contributed by atoms with van der Waals surface area (Å²) in [5.74, 6) is 1.01. The summed E-state index contributed by atoms with van der Waals surface area (Å²) in [6.45, 7) is 4.61. The second-order valence-electron chi connectivity index (χ2n) is 6.26.